The van der Waals surface area contributed by atoms with Crippen molar-refractivity contribution >= 4 is 34.5 Å². The van der Waals surface area contributed by atoms with E-state index in [2.05, 4.69) is 18.3 Å². The van der Waals surface area contributed by atoms with Gasteiger partial charge in [0, 0.05) is 0 Å². The Morgan fingerprint density at radius 1 is 1.30 bits per heavy atom. The number of hydrogen-bond acceptors (Lipinski definition) is 6. The molecular formula is C20H20N2O3S2. The van der Waals surface area contributed by atoms with E-state index in [4.69, 9.17) is 21.7 Å². The molecule has 27 heavy (non-hydrogen) atoms. The van der Waals surface area contributed by atoms with Gasteiger partial charge in [0.25, 0.3) is 5.91 Å². The highest BCUT2D eigenvalue weighted by molar-refractivity contribution is 7.73. The summed E-state index contributed by atoms with van der Waals surface area (Å²) in [6.07, 6.45) is 2.70. The number of nitrogens with zero attached hydrogens (tertiary/aromatic N) is 1. The molecule has 0 saturated heterocycles. The minimum atomic E-state index is -0.393. The second-order valence-electron chi connectivity index (χ2n) is 6.50. The van der Waals surface area contributed by atoms with Gasteiger partial charge < -0.3 is 14.8 Å². The fraction of sp³-hybridized carbons (Fsp3) is 0.350. The van der Waals surface area contributed by atoms with Crippen molar-refractivity contribution in [1.82, 2.24) is 0 Å². The predicted molar refractivity (Wildman–Crippen MR) is 109 cm³/mol. The summed E-state index contributed by atoms with van der Waals surface area (Å²) >= 11 is 6.84. The van der Waals surface area contributed by atoms with Gasteiger partial charge in [-0.2, -0.15) is 5.26 Å². The Balaban J connectivity index is 2.05. The van der Waals surface area contributed by atoms with Crippen LogP contribution in [0.2, 0.25) is 0 Å². The van der Waals surface area contributed by atoms with Crippen LogP contribution in [-0.2, 0) is 12.8 Å². The third-order valence-corrected chi connectivity index (χ3v) is 6.21. The zero-order valence-corrected chi connectivity index (χ0v) is 17.1. The normalized spacial score (nSPS) is 15.4. The summed E-state index contributed by atoms with van der Waals surface area (Å²) in [5.41, 5.74) is 2.85. The van der Waals surface area contributed by atoms with Gasteiger partial charge in [-0.1, -0.05) is 25.2 Å². The molecule has 0 spiro atoms. The number of ether oxygens (including phenoxy) is 2. The van der Waals surface area contributed by atoms with Gasteiger partial charge in [-0.25, -0.2) is 0 Å². The summed E-state index contributed by atoms with van der Waals surface area (Å²) in [6.45, 7) is 2.19. The Morgan fingerprint density at radius 2 is 1.96 bits per heavy atom. The molecule has 1 aromatic carbocycles. The van der Waals surface area contributed by atoms with Crippen molar-refractivity contribution in [2.75, 3.05) is 19.5 Å². The Kier molecular flexibility index (Phi) is 5.78. The van der Waals surface area contributed by atoms with E-state index in [1.807, 2.05) is 0 Å². The molecule has 1 unspecified atom stereocenters. The lowest BCUT2D eigenvalue weighted by molar-refractivity contribution is 0.102. The van der Waals surface area contributed by atoms with Crippen molar-refractivity contribution in [3.63, 3.8) is 0 Å². The summed E-state index contributed by atoms with van der Waals surface area (Å²) in [6, 6.07) is 7.40. The molecular weight excluding hydrogens is 380 g/mol. The molecule has 1 aliphatic carbocycles. The highest BCUT2D eigenvalue weighted by Gasteiger charge is 2.25. The minimum absolute atomic E-state index is 0.288. The van der Waals surface area contributed by atoms with Crippen molar-refractivity contribution in [1.29, 1.82) is 5.26 Å². The van der Waals surface area contributed by atoms with E-state index >= 15 is 0 Å². The molecule has 2 aromatic rings. The first-order valence-corrected chi connectivity index (χ1v) is 9.83. The number of methoxy groups -OCH3 is 2. The summed E-state index contributed by atoms with van der Waals surface area (Å²) in [4.78, 5) is 13.0. The summed E-state index contributed by atoms with van der Waals surface area (Å²) in [5, 5.41) is 13.1. The number of benzene rings is 1. The summed E-state index contributed by atoms with van der Waals surface area (Å²) in [5.74, 6) is 0.966. The quantitative estimate of drug-likeness (QED) is 0.751. The molecule has 1 heterocycles. The molecule has 0 aliphatic heterocycles. The smallest absolute Gasteiger partial charge is 0.263 e. The molecule has 0 bridgehead atoms. The Bertz CT molecular complexity index is 970. The van der Waals surface area contributed by atoms with E-state index in [0.29, 0.717) is 28.0 Å². The van der Waals surface area contributed by atoms with E-state index in [1.54, 1.807) is 18.2 Å². The molecule has 1 aliphatic rings. The number of amides is 1. The van der Waals surface area contributed by atoms with Crippen LogP contribution in [0, 0.1) is 21.1 Å². The van der Waals surface area contributed by atoms with E-state index in [0.717, 1.165) is 34.2 Å². The number of nitriles is 1. The van der Waals surface area contributed by atoms with E-state index < -0.39 is 5.91 Å². The minimum Gasteiger partial charge on any atom is -0.496 e. The summed E-state index contributed by atoms with van der Waals surface area (Å²) in [7, 11) is 2.99. The third kappa shape index (κ3) is 3.68. The van der Waals surface area contributed by atoms with Crippen LogP contribution in [0.5, 0.6) is 11.5 Å². The molecule has 3 rings (SSSR count). The zero-order valence-electron chi connectivity index (χ0n) is 15.4. The van der Waals surface area contributed by atoms with Crippen molar-refractivity contribution in [3.05, 3.63) is 44.3 Å². The Hall–Kier alpha value is -2.43. The van der Waals surface area contributed by atoms with Gasteiger partial charge in [0.1, 0.15) is 28.1 Å². The lowest BCUT2D eigenvalue weighted by Crippen LogP contribution is -2.18. The number of carbonyl (C=O) groups excluding carboxylic acids is 1. The molecule has 0 saturated carbocycles. The van der Waals surface area contributed by atoms with Crippen LogP contribution < -0.4 is 14.8 Å². The number of fused-ring (bicyclic) bond motifs is 1. The highest BCUT2D eigenvalue weighted by Crippen LogP contribution is 2.37. The first-order chi connectivity index (χ1) is 13.0. The van der Waals surface area contributed by atoms with Crippen LogP contribution in [0.4, 0.5) is 5.00 Å². The number of nitrogens with one attached hydrogen (secondary N) is 1. The average Bonchev–Trinajstić information content (AvgIpc) is 2.67. The lowest BCUT2D eigenvalue weighted by atomic mass is 9.85. The van der Waals surface area contributed by atoms with E-state index in [1.165, 1.54) is 25.6 Å². The largest absolute Gasteiger partial charge is 0.496 e. The number of anilines is 1. The molecule has 140 valence electrons. The van der Waals surface area contributed by atoms with Gasteiger partial charge in [0.2, 0.25) is 0 Å². The number of rotatable bonds is 4. The standard InChI is InChI=1S/C20H20N2O3S2/c1-11-7-8-12-13(9-11)20(26)27-19(14(12)10-21)22-18(23)17-15(24-2)5-4-6-16(17)25-3/h4-6,11H,7-9H2,1-3H3,(H,22,23). The van der Waals surface area contributed by atoms with E-state index in [9.17, 15) is 10.1 Å². The van der Waals surface area contributed by atoms with Gasteiger partial charge in [0.05, 0.1) is 23.6 Å². The van der Waals surface area contributed by atoms with Crippen molar-refractivity contribution in [3.8, 4) is 17.6 Å². The predicted octanol–water partition coefficient (Wildman–Crippen LogP) is 4.74. The van der Waals surface area contributed by atoms with Crippen LogP contribution in [0.3, 0.4) is 0 Å². The average molecular weight is 401 g/mol. The van der Waals surface area contributed by atoms with Crippen molar-refractivity contribution in [2.45, 2.75) is 26.2 Å². The molecule has 7 heteroatoms. The Morgan fingerprint density at radius 3 is 2.56 bits per heavy atom. The van der Waals surface area contributed by atoms with Crippen molar-refractivity contribution in [2.24, 2.45) is 5.92 Å². The van der Waals surface area contributed by atoms with Crippen LogP contribution in [0.1, 0.15) is 40.4 Å². The number of hydrogen-bond donors (Lipinski definition) is 1. The van der Waals surface area contributed by atoms with Crippen LogP contribution in [0.25, 0.3) is 0 Å². The maximum Gasteiger partial charge on any atom is 0.263 e. The lowest BCUT2D eigenvalue weighted by Gasteiger charge is -2.23. The first-order valence-electron chi connectivity index (χ1n) is 8.61. The maximum absolute atomic E-state index is 13.0. The monoisotopic (exact) mass is 400 g/mol. The molecule has 0 fully saturated rings. The third-order valence-electron chi connectivity index (χ3n) is 4.77. The number of carbonyl (C=O) groups is 1. The first kappa shape index (κ1) is 19.3. The fourth-order valence-electron chi connectivity index (χ4n) is 3.39. The molecule has 1 amide bonds. The van der Waals surface area contributed by atoms with Gasteiger partial charge in [-0.3, -0.25) is 4.79 Å². The zero-order chi connectivity index (χ0) is 19.6. The maximum atomic E-state index is 13.0. The Labute approximate surface area is 167 Å². The van der Waals surface area contributed by atoms with Gasteiger partial charge >= 0.3 is 0 Å². The molecule has 1 atom stereocenters. The van der Waals surface area contributed by atoms with Crippen LogP contribution >= 0.6 is 23.6 Å². The van der Waals surface area contributed by atoms with Gasteiger partial charge in [-0.15, -0.1) is 11.3 Å². The van der Waals surface area contributed by atoms with Crippen LogP contribution in [-0.4, -0.2) is 20.1 Å². The van der Waals surface area contributed by atoms with E-state index in [-0.39, 0.29) is 5.56 Å². The second-order valence-corrected chi connectivity index (χ2v) is 8.19. The van der Waals surface area contributed by atoms with Gasteiger partial charge in [-0.05, 0) is 48.4 Å². The molecule has 0 radical (unpaired) electrons. The van der Waals surface area contributed by atoms with Crippen LogP contribution in [0.15, 0.2) is 18.2 Å². The topological polar surface area (TPSA) is 71.3 Å². The molecule has 1 aromatic heterocycles. The fourth-order valence-corrected chi connectivity index (χ4v) is 4.77. The SMILES string of the molecule is COc1cccc(OC)c1C(=O)Nc1sc(=S)c2c(c1C#N)CCC(C)C2. The second kappa shape index (κ2) is 8.07. The molecule has 1 N–H and O–H groups in total. The highest BCUT2D eigenvalue weighted by atomic mass is 32.1. The van der Waals surface area contributed by atoms with Crippen molar-refractivity contribution < 1.29 is 14.3 Å². The summed E-state index contributed by atoms with van der Waals surface area (Å²) < 4.78 is 11.3. The molecule has 5 nitrogen and oxygen atoms in total. The van der Waals surface area contributed by atoms with Gasteiger partial charge in [0.15, 0.2) is 0 Å².